The summed E-state index contributed by atoms with van der Waals surface area (Å²) in [5.41, 5.74) is 2.14. The van der Waals surface area contributed by atoms with Crippen LogP contribution in [0.5, 0.6) is 0 Å². The van der Waals surface area contributed by atoms with Crippen LogP contribution in [0.1, 0.15) is 17.8 Å². The smallest absolute Gasteiger partial charge is 0.296 e. The fraction of sp³-hybridized carbons (Fsp3) is 0.421. The first-order valence-electron chi connectivity index (χ1n) is 8.62. The number of pyridine rings is 1. The van der Waals surface area contributed by atoms with Crippen molar-refractivity contribution in [1.29, 1.82) is 0 Å². The summed E-state index contributed by atoms with van der Waals surface area (Å²) in [5, 5.41) is 0. The summed E-state index contributed by atoms with van der Waals surface area (Å²) in [7, 11) is -3.65. The highest BCUT2D eigenvalue weighted by atomic mass is 32.2. The standard InChI is InChI=1S/C19H24N2O3S/c1-16-6-5-7-18(20-16)11-13-21-12-10-17(14-21)15-24-25(22,23)19-8-3-2-4-9-19/h2-9,17H,10-15H2,1H3. The van der Waals surface area contributed by atoms with Gasteiger partial charge in [0.15, 0.2) is 0 Å². The van der Waals surface area contributed by atoms with Crippen molar-refractivity contribution in [1.82, 2.24) is 9.88 Å². The first-order chi connectivity index (χ1) is 12.0. The number of likely N-dealkylation sites (tertiary alicyclic amines) is 1. The topological polar surface area (TPSA) is 59.5 Å². The van der Waals surface area contributed by atoms with Crippen LogP contribution < -0.4 is 0 Å². The molecule has 0 aliphatic carbocycles. The van der Waals surface area contributed by atoms with Gasteiger partial charge in [0, 0.05) is 30.9 Å². The molecule has 0 saturated carbocycles. The van der Waals surface area contributed by atoms with Crippen LogP contribution >= 0.6 is 0 Å². The van der Waals surface area contributed by atoms with Crippen LogP contribution in [0.3, 0.4) is 0 Å². The van der Waals surface area contributed by atoms with Crippen molar-refractivity contribution in [3.8, 4) is 0 Å². The quantitative estimate of drug-likeness (QED) is 0.711. The van der Waals surface area contributed by atoms with Gasteiger partial charge in [-0.25, -0.2) is 0 Å². The molecule has 1 fully saturated rings. The highest BCUT2D eigenvalue weighted by Gasteiger charge is 2.25. The average Bonchev–Trinajstić information content (AvgIpc) is 3.07. The molecular formula is C19H24N2O3S. The van der Waals surface area contributed by atoms with Crippen LogP contribution in [-0.4, -0.2) is 44.5 Å². The Morgan fingerprint density at radius 3 is 2.72 bits per heavy atom. The minimum atomic E-state index is -3.65. The molecule has 1 aromatic heterocycles. The summed E-state index contributed by atoms with van der Waals surface area (Å²) in [5.74, 6) is 0.254. The van der Waals surface area contributed by atoms with E-state index in [2.05, 4.69) is 16.0 Å². The predicted octanol–water partition coefficient (Wildman–Crippen LogP) is 2.66. The predicted molar refractivity (Wildman–Crippen MR) is 96.8 cm³/mol. The molecule has 1 aliphatic heterocycles. The second-order valence-corrected chi connectivity index (χ2v) is 8.14. The van der Waals surface area contributed by atoms with E-state index in [1.54, 1.807) is 30.3 Å². The van der Waals surface area contributed by atoms with Crippen LogP contribution in [0.2, 0.25) is 0 Å². The minimum Gasteiger partial charge on any atom is -0.303 e. The zero-order chi connectivity index (χ0) is 17.7. The van der Waals surface area contributed by atoms with Gasteiger partial charge < -0.3 is 4.90 Å². The van der Waals surface area contributed by atoms with Crippen LogP contribution in [0.15, 0.2) is 53.4 Å². The van der Waals surface area contributed by atoms with Gasteiger partial charge in [0.25, 0.3) is 10.1 Å². The number of aryl methyl sites for hydroxylation is 1. The molecule has 134 valence electrons. The second-order valence-electron chi connectivity index (χ2n) is 6.53. The van der Waals surface area contributed by atoms with E-state index in [1.807, 2.05) is 19.1 Å². The first-order valence-corrected chi connectivity index (χ1v) is 10.0. The van der Waals surface area contributed by atoms with Gasteiger partial charge in [0.1, 0.15) is 0 Å². The Labute approximate surface area is 149 Å². The van der Waals surface area contributed by atoms with Gasteiger partial charge in [-0.15, -0.1) is 0 Å². The molecule has 0 amide bonds. The summed E-state index contributed by atoms with van der Waals surface area (Å²) in [6.45, 7) is 5.04. The molecule has 2 aromatic rings. The second kappa shape index (κ2) is 8.08. The molecular weight excluding hydrogens is 336 g/mol. The average molecular weight is 360 g/mol. The van der Waals surface area contributed by atoms with Crippen molar-refractivity contribution in [3.05, 3.63) is 59.9 Å². The molecule has 1 atom stereocenters. The van der Waals surface area contributed by atoms with E-state index in [4.69, 9.17) is 4.18 Å². The maximum atomic E-state index is 12.2. The third-order valence-electron chi connectivity index (χ3n) is 4.49. The summed E-state index contributed by atoms with van der Waals surface area (Å²) < 4.78 is 29.6. The Hall–Kier alpha value is -1.76. The van der Waals surface area contributed by atoms with Crippen LogP contribution in [-0.2, 0) is 20.7 Å². The van der Waals surface area contributed by atoms with Gasteiger partial charge >= 0.3 is 0 Å². The molecule has 25 heavy (non-hydrogen) atoms. The molecule has 2 heterocycles. The number of hydrogen-bond donors (Lipinski definition) is 0. The van der Waals surface area contributed by atoms with Crippen LogP contribution in [0.25, 0.3) is 0 Å². The summed E-state index contributed by atoms with van der Waals surface area (Å²) in [4.78, 5) is 7.10. The highest BCUT2D eigenvalue weighted by Crippen LogP contribution is 2.20. The molecule has 1 aliphatic rings. The molecule has 1 saturated heterocycles. The number of rotatable bonds is 7. The number of aromatic nitrogens is 1. The van der Waals surface area contributed by atoms with Crippen LogP contribution in [0.4, 0.5) is 0 Å². The van der Waals surface area contributed by atoms with Crippen molar-refractivity contribution in [2.24, 2.45) is 5.92 Å². The van der Waals surface area contributed by atoms with E-state index in [1.165, 1.54) is 0 Å². The van der Waals surface area contributed by atoms with E-state index in [0.717, 1.165) is 43.9 Å². The lowest BCUT2D eigenvalue weighted by Crippen LogP contribution is -2.25. The van der Waals surface area contributed by atoms with E-state index < -0.39 is 10.1 Å². The Morgan fingerprint density at radius 1 is 1.16 bits per heavy atom. The van der Waals surface area contributed by atoms with Gasteiger partial charge in [-0.2, -0.15) is 8.42 Å². The number of benzene rings is 1. The van der Waals surface area contributed by atoms with Crippen molar-refractivity contribution in [2.45, 2.75) is 24.7 Å². The largest absolute Gasteiger partial charge is 0.303 e. The Bertz CT molecular complexity index is 793. The molecule has 3 rings (SSSR count). The van der Waals surface area contributed by atoms with Gasteiger partial charge in [-0.1, -0.05) is 24.3 Å². The Kier molecular flexibility index (Phi) is 5.83. The van der Waals surface area contributed by atoms with Gasteiger partial charge in [0.05, 0.1) is 11.5 Å². The fourth-order valence-electron chi connectivity index (χ4n) is 3.10. The lowest BCUT2D eigenvalue weighted by Gasteiger charge is -2.16. The number of hydrogen-bond acceptors (Lipinski definition) is 5. The monoisotopic (exact) mass is 360 g/mol. The minimum absolute atomic E-state index is 0.218. The maximum absolute atomic E-state index is 12.2. The Morgan fingerprint density at radius 2 is 1.96 bits per heavy atom. The van der Waals surface area contributed by atoms with E-state index in [0.29, 0.717) is 0 Å². The first kappa shape index (κ1) is 18.0. The molecule has 0 radical (unpaired) electrons. The third kappa shape index (κ3) is 5.11. The van der Waals surface area contributed by atoms with Gasteiger partial charge in [-0.3, -0.25) is 9.17 Å². The molecule has 6 heteroatoms. The molecule has 0 spiro atoms. The highest BCUT2D eigenvalue weighted by molar-refractivity contribution is 7.86. The Balaban J connectivity index is 1.45. The zero-order valence-electron chi connectivity index (χ0n) is 14.5. The molecule has 5 nitrogen and oxygen atoms in total. The SMILES string of the molecule is Cc1cccc(CCN2CCC(COS(=O)(=O)c3ccccc3)C2)n1. The van der Waals surface area contributed by atoms with E-state index >= 15 is 0 Å². The molecule has 0 bridgehead atoms. The van der Waals surface area contributed by atoms with Crippen molar-refractivity contribution in [2.75, 3.05) is 26.2 Å². The molecule has 1 unspecified atom stereocenters. The van der Waals surface area contributed by atoms with Crippen LogP contribution in [0, 0.1) is 12.8 Å². The lowest BCUT2D eigenvalue weighted by molar-refractivity contribution is 0.245. The summed E-state index contributed by atoms with van der Waals surface area (Å²) >= 11 is 0. The van der Waals surface area contributed by atoms with Crippen molar-refractivity contribution >= 4 is 10.1 Å². The van der Waals surface area contributed by atoms with E-state index in [9.17, 15) is 8.42 Å². The van der Waals surface area contributed by atoms with E-state index in [-0.39, 0.29) is 17.4 Å². The van der Waals surface area contributed by atoms with Crippen molar-refractivity contribution < 1.29 is 12.6 Å². The molecule has 0 N–H and O–H groups in total. The fourth-order valence-corrected chi connectivity index (χ4v) is 4.10. The summed E-state index contributed by atoms with van der Waals surface area (Å²) in [6, 6.07) is 14.4. The third-order valence-corrected chi connectivity index (χ3v) is 5.79. The molecule has 1 aromatic carbocycles. The maximum Gasteiger partial charge on any atom is 0.296 e. The zero-order valence-corrected chi connectivity index (χ0v) is 15.3. The number of nitrogens with zero attached hydrogens (tertiary/aromatic N) is 2. The van der Waals surface area contributed by atoms with Gasteiger partial charge in [-0.05, 0) is 50.1 Å². The summed E-state index contributed by atoms with van der Waals surface area (Å²) in [6.07, 6.45) is 1.88. The van der Waals surface area contributed by atoms with Gasteiger partial charge in [0.2, 0.25) is 0 Å². The normalized spacial score (nSPS) is 18.5. The lowest BCUT2D eigenvalue weighted by atomic mass is 10.1. The van der Waals surface area contributed by atoms with Crippen molar-refractivity contribution in [3.63, 3.8) is 0 Å².